The summed E-state index contributed by atoms with van der Waals surface area (Å²) in [6, 6.07) is 7.00. The van der Waals surface area contributed by atoms with Crippen LogP contribution in [0.5, 0.6) is 0 Å². The molecule has 1 aliphatic rings. The molecule has 1 heterocycles. The second kappa shape index (κ2) is 5.33. The van der Waals surface area contributed by atoms with Crippen molar-refractivity contribution in [3.63, 3.8) is 0 Å². The quantitative estimate of drug-likeness (QED) is 0.848. The van der Waals surface area contributed by atoms with E-state index < -0.39 is 5.97 Å². The van der Waals surface area contributed by atoms with Crippen molar-refractivity contribution in [3.05, 3.63) is 29.8 Å². The average molecular weight is 266 g/mol. The highest BCUT2D eigenvalue weighted by atomic mass is 32.2. The monoisotopic (exact) mass is 266 g/mol. The van der Waals surface area contributed by atoms with Gasteiger partial charge in [0, 0.05) is 10.6 Å². The molecule has 1 aliphatic heterocycles. The van der Waals surface area contributed by atoms with Gasteiger partial charge in [-0.2, -0.15) is 0 Å². The number of carboxylic acid groups (broad SMARTS) is 1. The summed E-state index contributed by atoms with van der Waals surface area (Å²) < 4.78 is 5.92. The third-order valence-corrected chi connectivity index (χ3v) is 4.24. The Bertz CT molecular complexity index is 425. The van der Waals surface area contributed by atoms with Crippen LogP contribution in [0, 0.1) is 0 Å². The minimum atomic E-state index is -0.882. The van der Waals surface area contributed by atoms with Crippen molar-refractivity contribution in [2.45, 2.75) is 43.3 Å². The Kier molecular flexibility index (Phi) is 3.97. The first-order valence-corrected chi connectivity index (χ1v) is 7.09. The maximum Gasteiger partial charge on any atom is 0.335 e. The molecule has 1 atom stereocenters. The van der Waals surface area contributed by atoms with E-state index in [1.54, 1.807) is 23.9 Å². The predicted octanol–water partition coefficient (Wildman–Crippen LogP) is 3.43. The van der Waals surface area contributed by atoms with Gasteiger partial charge in [-0.05, 0) is 51.0 Å². The molecule has 0 radical (unpaired) electrons. The van der Waals surface area contributed by atoms with Gasteiger partial charge in [0.05, 0.1) is 17.3 Å². The minimum absolute atomic E-state index is 0.0123. The number of benzene rings is 1. The van der Waals surface area contributed by atoms with Crippen molar-refractivity contribution in [1.82, 2.24) is 0 Å². The van der Waals surface area contributed by atoms with Crippen molar-refractivity contribution in [3.8, 4) is 0 Å². The van der Waals surface area contributed by atoms with Gasteiger partial charge in [-0.3, -0.25) is 0 Å². The van der Waals surface area contributed by atoms with Crippen LogP contribution in [-0.4, -0.2) is 28.5 Å². The van der Waals surface area contributed by atoms with Gasteiger partial charge in [-0.15, -0.1) is 11.8 Å². The number of thioether (sulfide) groups is 1. The molecule has 18 heavy (non-hydrogen) atoms. The van der Waals surface area contributed by atoms with Crippen LogP contribution in [0.4, 0.5) is 0 Å². The van der Waals surface area contributed by atoms with Crippen molar-refractivity contribution < 1.29 is 14.6 Å². The summed E-state index contributed by atoms with van der Waals surface area (Å²) in [7, 11) is 0. The van der Waals surface area contributed by atoms with Crippen LogP contribution < -0.4 is 0 Å². The Morgan fingerprint density at radius 2 is 2.11 bits per heavy atom. The van der Waals surface area contributed by atoms with E-state index in [4.69, 9.17) is 9.84 Å². The third-order valence-electron chi connectivity index (χ3n) is 3.09. The summed E-state index contributed by atoms with van der Waals surface area (Å²) in [5, 5.41) is 8.81. The fraction of sp³-hybridized carbons (Fsp3) is 0.500. The van der Waals surface area contributed by atoms with Gasteiger partial charge in [0.15, 0.2) is 0 Å². The van der Waals surface area contributed by atoms with E-state index in [1.807, 2.05) is 12.1 Å². The molecule has 1 unspecified atom stereocenters. The van der Waals surface area contributed by atoms with Crippen molar-refractivity contribution >= 4 is 17.7 Å². The van der Waals surface area contributed by atoms with E-state index in [9.17, 15) is 4.79 Å². The highest BCUT2D eigenvalue weighted by molar-refractivity contribution is 7.99. The number of hydrogen-bond acceptors (Lipinski definition) is 3. The van der Waals surface area contributed by atoms with Gasteiger partial charge in [0.1, 0.15) is 0 Å². The number of hydrogen-bond donors (Lipinski definition) is 1. The Hall–Kier alpha value is -1.00. The lowest BCUT2D eigenvalue weighted by Gasteiger charge is -2.18. The number of carbonyl (C=O) groups is 1. The molecule has 0 spiro atoms. The van der Waals surface area contributed by atoms with Gasteiger partial charge >= 0.3 is 5.97 Å². The SMILES string of the molecule is CC1(C)CCC(CSc2ccc(C(=O)O)cc2)O1. The Morgan fingerprint density at radius 3 is 2.61 bits per heavy atom. The second-order valence-corrected chi connectivity index (χ2v) is 6.27. The topological polar surface area (TPSA) is 46.5 Å². The predicted molar refractivity (Wildman–Crippen MR) is 72.3 cm³/mol. The maximum atomic E-state index is 10.7. The number of carboxylic acids is 1. The molecular weight excluding hydrogens is 248 g/mol. The summed E-state index contributed by atoms with van der Waals surface area (Å²) >= 11 is 1.72. The van der Waals surface area contributed by atoms with Crippen LogP contribution in [0.25, 0.3) is 0 Å². The molecule has 98 valence electrons. The van der Waals surface area contributed by atoms with Gasteiger partial charge in [-0.1, -0.05) is 0 Å². The van der Waals surface area contributed by atoms with E-state index in [-0.39, 0.29) is 5.60 Å². The van der Waals surface area contributed by atoms with Crippen LogP contribution in [-0.2, 0) is 4.74 Å². The Morgan fingerprint density at radius 1 is 1.44 bits per heavy atom. The number of aromatic carboxylic acids is 1. The minimum Gasteiger partial charge on any atom is -0.478 e. The van der Waals surface area contributed by atoms with E-state index in [2.05, 4.69) is 13.8 Å². The van der Waals surface area contributed by atoms with Crippen LogP contribution in [0.1, 0.15) is 37.0 Å². The first kappa shape index (κ1) is 13.4. The molecule has 0 aliphatic carbocycles. The van der Waals surface area contributed by atoms with Crippen molar-refractivity contribution in [2.24, 2.45) is 0 Å². The summed E-state index contributed by atoms with van der Waals surface area (Å²) in [4.78, 5) is 11.8. The summed E-state index contributed by atoms with van der Waals surface area (Å²) in [6.07, 6.45) is 2.52. The molecule has 3 nitrogen and oxygen atoms in total. The molecular formula is C14H18O3S. The van der Waals surface area contributed by atoms with Crippen molar-refractivity contribution in [1.29, 1.82) is 0 Å². The van der Waals surface area contributed by atoms with E-state index in [1.165, 1.54) is 0 Å². The first-order chi connectivity index (χ1) is 8.46. The van der Waals surface area contributed by atoms with Gasteiger partial charge in [0.25, 0.3) is 0 Å². The van der Waals surface area contributed by atoms with Crippen LogP contribution >= 0.6 is 11.8 Å². The smallest absolute Gasteiger partial charge is 0.335 e. The van der Waals surface area contributed by atoms with Crippen LogP contribution in [0.3, 0.4) is 0 Å². The lowest BCUT2D eigenvalue weighted by atomic mass is 10.1. The Balaban J connectivity index is 1.85. The zero-order valence-corrected chi connectivity index (χ0v) is 11.5. The average Bonchev–Trinajstić information content (AvgIpc) is 2.67. The molecule has 4 heteroatoms. The molecule has 1 aromatic rings. The summed E-state index contributed by atoms with van der Waals surface area (Å²) in [5.74, 6) is 0.0444. The zero-order valence-electron chi connectivity index (χ0n) is 10.7. The zero-order chi connectivity index (χ0) is 13.2. The molecule has 1 saturated heterocycles. The van der Waals surface area contributed by atoms with Gasteiger partial charge < -0.3 is 9.84 Å². The normalized spacial score (nSPS) is 22.0. The largest absolute Gasteiger partial charge is 0.478 e. The maximum absolute atomic E-state index is 10.7. The summed E-state index contributed by atoms with van der Waals surface area (Å²) in [5.41, 5.74) is 0.343. The second-order valence-electron chi connectivity index (χ2n) is 5.18. The lowest BCUT2D eigenvalue weighted by molar-refractivity contribution is -0.00467. The highest BCUT2D eigenvalue weighted by Gasteiger charge is 2.31. The van der Waals surface area contributed by atoms with Gasteiger partial charge in [-0.25, -0.2) is 4.79 Å². The molecule has 0 aromatic heterocycles. The molecule has 1 N–H and O–H groups in total. The fourth-order valence-electron chi connectivity index (χ4n) is 2.08. The van der Waals surface area contributed by atoms with E-state index in [0.717, 1.165) is 23.5 Å². The lowest BCUT2D eigenvalue weighted by Crippen LogP contribution is -2.20. The molecule has 0 bridgehead atoms. The van der Waals surface area contributed by atoms with Crippen LogP contribution in [0.15, 0.2) is 29.2 Å². The van der Waals surface area contributed by atoms with Gasteiger partial charge in [0.2, 0.25) is 0 Å². The molecule has 0 amide bonds. The van der Waals surface area contributed by atoms with Crippen LogP contribution in [0.2, 0.25) is 0 Å². The highest BCUT2D eigenvalue weighted by Crippen LogP contribution is 2.32. The summed E-state index contributed by atoms with van der Waals surface area (Å²) in [6.45, 7) is 4.25. The number of rotatable bonds is 4. The van der Waals surface area contributed by atoms with E-state index in [0.29, 0.717) is 11.7 Å². The molecule has 1 aromatic carbocycles. The molecule has 0 saturated carbocycles. The molecule has 1 fully saturated rings. The molecule has 2 rings (SSSR count). The Labute approximate surface area is 112 Å². The first-order valence-electron chi connectivity index (χ1n) is 6.10. The standard InChI is InChI=1S/C14H18O3S/c1-14(2)8-7-11(17-14)9-18-12-5-3-10(4-6-12)13(15)16/h3-6,11H,7-9H2,1-2H3,(H,15,16). The third kappa shape index (κ3) is 3.50. The van der Waals surface area contributed by atoms with Crippen molar-refractivity contribution in [2.75, 3.05) is 5.75 Å². The van der Waals surface area contributed by atoms with E-state index >= 15 is 0 Å². The number of ether oxygens (including phenoxy) is 1. The fourth-order valence-corrected chi connectivity index (χ4v) is 3.02.